The monoisotopic (exact) mass is 395 g/mol. The van der Waals surface area contributed by atoms with E-state index in [1.807, 2.05) is 12.1 Å². The maximum Gasteiger partial charge on any atom is 0.217 e. The molecule has 8 heteroatoms. The molecule has 1 amide bonds. The molecule has 2 rings (SSSR count). The van der Waals surface area contributed by atoms with Crippen molar-refractivity contribution in [1.82, 2.24) is 15.5 Å². The Labute approximate surface area is 160 Å². The smallest absolute Gasteiger partial charge is 0.217 e. The van der Waals surface area contributed by atoms with E-state index in [-0.39, 0.29) is 11.7 Å². The Kier molecular flexibility index (Phi) is 7.92. The lowest BCUT2D eigenvalue weighted by molar-refractivity contribution is -0.119. The molecule has 0 saturated heterocycles. The molecule has 134 valence electrons. The van der Waals surface area contributed by atoms with Crippen molar-refractivity contribution in [3.05, 3.63) is 35.4 Å². The molecule has 5 nitrogen and oxygen atoms in total. The van der Waals surface area contributed by atoms with Crippen LogP contribution in [0.5, 0.6) is 0 Å². The quantitative estimate of drug-likeness (QED) is 0.513. The van der Waals surface area contributed by atoms with Gasteiger partial charge in [-0.2, -0.15) is 0 Å². The third kappa shape index (κ3) is 7.17. The van der Waals surface area contributed by atoms with Crippen LogP contribution >= 0.6 is 34.9 Å². The van der Waals surface area contributed by atoms with Gasteiger partial charge in [-0.05, 0) is 11.5 Å². The first-order valence-electron chi connectivity index (χ1n) is 7.89. The molecule has 25 heavy (non-hydrogen) atoms. The Hall–Kier alpha value is -1.38. The molecule has 1 N–H and O–H groups in total. The van der Waals surface area contributed by atoms with E-state index in [0.717, 1.165) is 20.0 Å². The molecule has 0 aliphatic carbocycles. The maximum atomic E-state index is 12.3. The summed E-state index contributed by atoms with van der Waals surface area (Å²) in [6, 6.07) is 7.31. The van der Waals surface area contributed by atoms with E-state index >= 15 is 0 Å². The Morgan fingerprint density at radius 3 is 2.36 bits per heavy atom. The average molecular weight is 396 g/mol. The number of nitrogens with one attached hydrogen (secondary N) is 1. The molecule has 1 heterocycles. The van der Waals surface area contributed by atoms with Gasteiger partial charge in [-0.1, -0.05) is 73.0 Å². The van der Waals surface area contributed by atoms with Gasteiger partial charge >= 0.3 is 0 Å². The summed E-state index contributed by atoms with van der Waals surface area (Å²) >= 11 is 4.66. The molecule has 0 saturated carbocycles. The average Bonchev–Trinajstić information content (AvgIpc) is 3.04. The number of amides is 1. The number of rotatable bonds is 9. The van der Waals surface area contributed by atoms with Crippen LogP contribution in [-0.4, -0.2) is 33.4 Å². The van der Waals surface area contributed by atoms with Crippen molar-refractivity contribution in [3.8, 4) is 0 Å². The molecule has 0 fully saturated rings. The van der Waals surface area contributed by atoms with Crippen molar-refractivity contribution in [3.63, 3.8) is 0 Å². The van der Waals surface area contributed by atoms with Crippen LogP contribution in [0.4, 0.5) is 0 Å². The van der Waals surface area contributed by atoms with E-state index in [1.54, 1.807) is 23.9 Å². The zero-order chi connectivity index (χ0) is 18.2. The van der Waals surface area contributed by atoms with Gasteiger partial charge in [0.05, 0.1) is 5.75 Å². The second-order valence-corrected chi connectivity index (χ2v) is 9.32. The minimum absolute atomic E-state index is 0.0580. The second-order valence-electron chi connectivity index (χ2n) is 5.86. The molecule has 0 radical (unpaired) electrons. The molecule has 0 unspecified atom stereocenters. The molecule has 0 aliphatic rings. The van der Waals surface area contributed by atoms with Gasteiger partial charge in [0.1, 0.15) is 0 Å². The number of nitrogens with zero attached hydrogens (tertiary/aromatic N) is 2. The van der Waals surface area contributed by atoms with E-state index in [4.69, 9.17) is 0 Å². The Balaban J connectivity index is 1.82. The predicted molar refractivity (Wildman–Crippen MR) is 104 cm³/mol. The van der Waals surface area contributed by atoms with Crippen LogP contribution in [0.3, 0.4) is 0 Å². The van der Waals surface area contributed by atoms with E-state index < -0.39 is 0 Å². The van der Waals surface area contributed by atoms with Crippen LogP contribution in [0.25, 0.3) is 0 Å². The van der Waals surface area contributed by atoms with Crippen LogP contribution in [0.2, 0.25) is 0 Å². The topological polar surface area (TPSA) is 72.0 Å². The zero-order valence-electron chi connectivity index (χ0n) is 14.4. The predicted octanol–water partition coefficient (Wildman–Crippen LogP) is 3.90. The lowest BCUT2D eigenvalue weighted by Gasteiger charge is -2.04. The number of carbonyl (C=O) groups excluding carboxylic acids is 2. The zero-order valence-corrected chi connectivity index (χ0v) is 16.9. The highest BCUT2D eigenvalue weighted by Gasteiger charge is 2.11. The van der Waals surface area contributed by atoms with Crippen molar-refractivity contribution in [2.45, 2.75) is 36.0 Å². The van der Waals surface area contributed by atoms with E-state index in [0.29, 0.717) is 23.8 Å². The number of Topliss-reactive ketones (excluding diaryl/α,β-unsaturated/α-hetero) is 1. The van der Waals surface area contributed by atoms with Crippen molar-refractivity contribution >= 4 is 46.6 Å². The highest BCUT2D eigenvalue weighted by atomic mass is 32.2. The van der Waals surface area contributed by atoms with E-state index in [9.17, 15) is 9.59 Å². The van der Waals surface area contributed by atoms with Crippen molar-refractivity contribution in [2.75, 3.05) is 11.5 Å². The van der Waals surface area contributed by atoms with E-state index in [1.165, 1.54) is 30.0 Å². The number of hydrogen-bond acceptors (Lipinski definition) is 7. The molecular weight excluding hydrogens is 374 g/mol. The van der Waals surface area contributed by atoms with Gasteiger partial charge in [-0.25, -0.2) is 0 Å². The largest absolute Gasteiger partial charge is 0.352 e. The molecular formula is C17H21N3O2S3. The van der Waals surface area contributed by atoms with Gasteiger partial charge in [0.2, 0.25) is 5.91 Å². The van der Waals surface area contributed by atoms with Crippen molar-refractivity contribution in [1.29, 1.82) is 0 Å². The van der Waals surface area contributed by atoms with Gasteiger partial charge in [0, 0.05) is 24.8 Å². The lowest BCUT2D eigenvalue weighted by atomic mass is 10.1. The van der Waals surface area contributed by atoms with Crippen molar-refractivity contribution < 1.29 is 9.59 Å². The molecule has 0 atom stereocenters. The molecule has 2 aromatic rings. The summed E-state index contributed by atoms with van der Waals surface area (Å²) in [7, 11) is 0. The summed E-state index contributed by atoms with van der Waals surface area (Å²) in [4.78, 5) is 23.2. The fraction of sp³-hybridized carbons (Fsp3) is 0.412. The minimum atomic E-state index is -0.0699. The van der Waals surface area contributed by atoms with Gasteiger partial charge in [0.25, 0.3) is 0 Å². The van der Waals surface area contributed by atoms with E-state index in [2.05, 4.69) is 29.4 Å². The number of aromatic nitrogens is 2. The van der Waals surface area contributed by atoms with Crippen molar-refractivity contribution in [2.24, 2.45) is 5.92 Å². The summed E-state index contributed by atoms with van der Waals surface area (Å²) in [5.41, 5.74) is 1.63. The van der Waals surface area contributed by atoms with Gasteiger partial charge in [-0.3, -0.25) is 9.59 Å². The molecule has 0 aliphatic heterocycles. The Bertz CT molecular complexity index is 714. The van der Waals surface area contributed by atoms with Crippen LogP contribution in [0.15, 0.2) is 32.9 Å². The maximum absolute atomic E-state index is 12.3. The minimum Gasteiger partial charge on any atom is -0.352 e. The van der Waals surface area contributed by atoms with Gasteiger partial charge in [0.15, 0.2) is 14.5 Å². The first-order chi connectivity index (χ1) is 11.9. The summed E-state index contributed by atoms with van der Waals surface area (Å²) in [6.45, 7) is 6.29. The number of benzene rings is 1. The number of ketones is 1. The highest BCUT2D eigenvalue weighted by molar-refractivity contribution is 8.03. The first-order valence-corrected chi connectivity index (χ1v) is 10.7. The van der Waals surface area contributed by atoms with Crippen LogP contribution < -0.4 is 5.32 Å². The third-order valence-corrected chi connectivity index (χ3v) is 6.69. The van der Waals surface area contributed by atoms with Crippen LogP contribution in [0, 0.1) is 5.92 Å². The fourth-order valence-corrected chi connectivity index (χ4v) is 4.69. The summed E-state index contributed by atoms with van der Waals surface area (Å²) in [5, 5.41) is 11.0. The summed E-state index contributed by atoms with van der Waals surface area (Å²) in [5.74, 6) is 1.96. The summed E-state index contributed by atoms with van der Waals surface area (Å²) < 4.78 is 1.77. The normalized spacial score (nSPS) is 10.9. The summed E-state index contributed by atoms with van der Waals surface area (Å²) in [6.07, 6.45) is 0. The fourth-order valence-electron chi connectivity index (χ4n) is 1.80. The van der Waals surface area contributed by atoms with Gasteiger partial charge in [-0.15, -0.1) is 10.2 Å². The highest BCUT2D eigenvalue weighted by Crippen LogP contribution is 2.30. The Morgan fingerprint density at radius 2 is 1.76 bits per heavy atom. The molecule has 1 aromatic carbocycles. The number of thioether (sulfide) groups is 2. The molecule has 0 bridgehead atoms. The number of hydrogen-bond donors (Lipinski definition) is 1. The van der Waals surface area contributed by atoms with Crippen LogP contribution in [0.1, 0.15) is 36.7 Å². The molecule has 0 spiro atoms. The van der Waals surface area contributed by atoms with Crippen LogP contribution in [-0.2, 0) is 11.3 Å². The molecule has 1 aromatic heterocycles. The standard InChI is InChI=1S/C17H21N3O2S3/c1-11(2)9-23-16-19-20-17(25-16)24-10-15(22)14-6-4-13(5-7-14)8-18-12(3)21/h4-7,11H,8-10H2,1-3H3,(H,18,21). The Morgan fingerprint density at radius 1 is 1.12 bits per heavy atom. The SMILES string of the molecule is CC(=O)NCc1ccc(C(=O)CSc2nnc(SCC(C)C)s2)cc1. The van der Waals surface area contributed by atoms with Gasteiger partial charge < -0.3 is 5.32 Å². The third-order valence-electron chi connectivity index (χ3n) is 3.07. The number of carbonyl (C=O) groups is 2. The second kappa shape index (κ2) is 9.94. The first kappa shape index (κ1) is 19.9. The lowest BCUT2D eigenvalue weighted by Crippen LogP contribution is -2.18.